The third-order valence-corrected chi connectivity index (χ3v) is 5.78. The average Bonchev–Trinajstić information content (AvgIpc) is 3.04. The molecule has 0 aliphatic carbocycles. The molecule has 2 amide bonds. The predicted molar refractivity (Wildman–Crippen MR) is 127 cm³/mol. The van der Waals surface area contributed by atoms with Crippen LogP contribution in [0, 0.1) is 12.7 Å². The zero-order chi connectivity index (χ0) is 23.5. The standard InChI is InChI=1S/C26H22ClFN2O3/c1-16-7-10-18(27)15-21(16)29-24-23(20-5-3-4-6-22(20)33-2)25(31)30(26(24)32)14-13-17-8-11-19(28)12-9-17/h3-12,15,29H,13-14H2,1-2H3. The Kier molecular flexibility index (Phi) is 6.47. The number of aryl methyl sites for hydroxylation is 1. The molecule has 0 radical (unpaired) electrons. The van der Waals surface area contributed by atoms with Gasteiger partial charge in [0.25, 0.3) is 11.8 Å². The molecule has 0 fully saturated rings. The van der Waals surface area contributed by atoms with Gasteiger partial charge in [-0.3, -0.25) is 14.5 Å². The maximum Gasteiger partial charge on any atom is 0.278 e. The number of rotatable bonds is 7. The summed E-state index contributed by atoms with van der Waals surface area (Å²) >= 11 is 6.16. The van der Waals surface area contributed by atoms with Crippen LogP contribution in [0.3, 0.4) is 0 Å². The fourth-order valence-corrected chi connectivity index (χ4v) is 3.92. The average molecular weight is 465 g/mol. The maximum atomic E-state index is 13.5. The fourth-order valence-electron chi connectivity index (χ4n) is 3.75. The molecule has 0 atom stereocenters. The van der Waals surface area contributed by atoms with Crippen molar-refractivity contribution in [1.82, 2.24) is 4.90 Å². The van der Waals surface area contributed by atoms with E-state index in [-0.39, 0.29) is 23.6 Å². The molecule has 5 nitrogen and oxygen atoms in total. The molecule has 3 aromatic carbocycles. The molecular formula is C26H22ClFN2O3. The van der Waals surface area contributed by atoms with Gasteiger partial charge in [0.1, 0.15) is 17.3 Å². The highest BCUT2D eigenvalue weighted by atomic mass is 35.5. The van der Waals surface area contributed by atoms with Gasteiger partial charge in [-0.2, -0.15) is 0 Å². The molecule has 33 heavy (non-hydrogen) atoms. The van der Waals surface area contributed by atoms with Gasteiger partial charge < -0.3 is 10.1 Å². The number of carbonyl (C=O) groups is 2. The van der Waals surface area contributed by atoms with E-state index in [1.807, 2.05) is 13.0 Å². The number of para-hydroxylation sites is 1. The Morgan fingerprint density at radius 3 is 2.45 bits per heavy atom. The molecule has 168 valence electrons. The van der Waals surface area contributed by atoms with E-state index in [9.17, 15) is 14.0 Å². The first kappa shape index (κ1) is 22.6. The zero-order valence-corrected chi connectivity index (χ0v) is 18.9. The lowest BCUT2D eigenvalue weighted by Gasteiger charge is -2.16. The number of nitrogens with zero attached hydrogens (tertiary/aromatic N) is 1. The lowest BCUT2D eigenvalue weighted by atomic mass is 10.0. The largest absolute Gasteiger partial charge is 0.496 e. The smallest absolute Gasteiger partial charge is 0.278 e. The van der Waals surface area contributed by atoms with Crippen LogP contribution in [0.4, 0.5) is 10.1 Å². The van der Waals surface area contributed by atoms with Crippen molar-refractivity contribution in [3.05, 3.63) is 100.0 Å². The number of benzene rings is 3. The Morgan fingerprint density at radius 2 is 1.73 bits per heavy atom. The van der Waals surface area contributed by atoms with Crippen LogP contribution in [0.1, 0.15) is 16.7 Å². The molecule has 7 heteroatoms. The van der Waals surface area contributed by atoms with Gasteiger partial charge in [-0.05, 0) is 54.8 Å². The lowest BCUT2D eigenvalue weighted by molar-refractivity contribution is -0.136. The van der Waals surface area contributed by atoms with Gasteiger partial charge in [0.15, 0.2) is 0 Å². The molecule has 1 N–H and O–H groups in total. The highest BCUT2D eigenvalue weighted by Crippen LogP contribution is 2.36. The first-order valence-electron chi connectivity index (χ1n) is 10.4. The van der Waals surface area contributed by atoms with Gasteiger partial charge >= 0.3 is 0 Å². The fraction of sp³-hybridized carbons (Fsp3) is 0.154. The molecule has 0 saturated carbocycles. The van der Waals surface area contributed by atoms with E-state index in [1.54, 1.807) is 48.5 Å². The Balaban J connectivity index is 1.72. The molecule has 4 rings (SSSR count). The van der Waals surface area contributed by atoms with Crippen molar-refractivity contribution >= 4 is 34.7 Å². The molecule has 0 bridgehead atoms. The van der Waals surface area contributed by atoms with Gasteiger partial charge in [0.05, 0.1) is 12.7 Å². The molecule has 1 heterocycles. The highest BCUT2D eigenvalue weighted by molar-refractivity contribution is 6.37. The monoisotopic (exact) mass is 464 g/mol. The number of nitrogens with one attached hydrogen (secondary N) is 1. The molecule has 0 spiro atoms. The van der Waals surface area contributed by atoms with E-state index in [0.29, 0.717) is 28.4 Å². The number of amides is 2. The summed E-state index contributed by atoms with van der Waals surface area (Å²) in [5, 5.41) is 3.65. The molecule has 1 aliphatic heterocycles. The van der Waals surface area contributed by atoms with Crippen molar-refractivity contribution in [1.29, 1.82) is 0 Å². The Labute approximate surface area is 196 Å². The van der Waals surface area contributed by atoms with Gasteiger partial charge in [0.2, 0.25) is 0 Å². The predicted octanol–water partition coefficient (Wildman–Crippen LogP) is 5.23. The number of anilines is 1. The Morgan fingerprint density at radius 1 is 1.00 bits per heavy atom. The summed E-state index contributed by atoms with van der Waals surface area (Å²) in [5.41, 5.74) is 3.24. The minimum absolute atomic E-state index is 0.154. The van der Waals surface area contributed by atoms with Crippen molar-refractivity contribution in [3.63, 3.8) is 0 Å². The van der Waals surface area contributed by atoms with E-state index in [2.05, 4.69) is 5.32 Å². The second kappa shape index (κ2) is 9.46. The van der Waals surface area contributed by atoms with Gasteiger partial charge in [-0.1, -0.05) is 48.0 Å². The topological polar surface area (TPSA) is 58.6 Å². The van der Waals surface area contributed by atoms with Gasteiger partial charge in [0, 0.05) is 22.8 Å². The maximum absolute atomic E-state index is 13.5. The van der Waals surface area contributed by atoms with E-state index >= 15 is 0 Å². The number of halogens is 2. The third kappa shape index (κ3) is 4.61. The molecule has 0 saturated heterocycles. The van der Waals surface area contributed by atoms with E-state index in [4.69, 9.17) is 16.3 Å². The van der Waals surface area contributed by atoms with Crippen LogP contribution in [0.5, 0.6) is 5.75 Å². The second-order valence-corrected chi connectivity index (χ2v) is 8.11. The van der Waals surface area contributed by atoms with Crippen LogP contribution in [-0.4, -0.2) is 30.4 Å². The number of hydrogen-bond acceptors (Lipinski definition) is 4. The minimum atomic E-state index is -0.442. The summed E-state index contributed by atoms with van der Waals surface area (Å²) in [4.78, 5) is 28.1. The summed E-state index contributed by atoms with van der Waals surface area (Å²) in [5.74, 6) is -0.720. The van der Waals surface area contributed by atoms with Crippen LogP contribution in [0.2, 0.25) is 5.02 Å². The molecule has 3 aromatic rings. The van der Waals surface area contributed by atoms with Gasteiger partial charge in [-0.15, -0.1) is 0 Å². The summed E-state index contributed by atoms with van der Waals surface area (Å²) in [7, 11) is 1.52. The zero-order valence-electron chi connectivity index (χ0n) is 18.2. The van der Waals surface area contributed by atoms with Crippen LogP contribution in [-0.2, 0) is 16.0 Å². The van der Waals surface area contributed by atoms with Gasteiger partial charge in [-0.25, -0.2) is 4.39 Å². The van der Waals surface area contributed by atoms with Crippen LogP contribution >= 0.6 is 11.6 Å². The van der Waals surface area contributed by atoms with E-state index < -0.39 is 11.8 Å². The quantitative estimate of drug-likeness (QED) is 0.486. The van der Waals surface area contributed by atoms with Crippen LogP contribution in [0.15, 0.2) is 72.4 Å². The SMILES string of the molecule is COc1ccccc1C1=C(Nc2cc(Cl)ccc2C)C(=O)N(CCc2ccc(F)cc2)C1=O. The van der Waals surface area contributed by atoms with Crippen molar-refractivity contribution < 1.29 is 18.7 Å². The number of imide groups is 1. The third-order valence-electron chi connectivity index (χ3n) is 5.54. The highest BCUT2D eigenvalue weighted by Gasteiger charge is 2.40. The first-order chi connectivity index (χ1) is 15.9. The molecule has 1 aliphatic rings. The van der Waals surface area contributed by atoms with E-state index in [0.717, 1.165) is 11.1 Å². The molecular weight excluding hydrogens is 443 g/mol. The summed E-state index contributed by atoms with van der Waals surface area (Å²) in [6.45, 7) is 2.04. The van der Waals surface area contributed by atoms with Crippen LogP contribution in [0.25, 0.3) is 5.57 Å². The molecule has 0 aromatic heterocycles. The lowest BCUT2D eigenvalue weighted by Crippen LogP contribution is -2.34. The van der Waals surface area contributed by atoms with Crippen LogP contribution < -0.4 is 10.1 Å². The summed E-state index contributed by atoms with van der Waals surface area (Å²) in [6.07, 6.45) is 0.403. The summed E-state index contributed by atoms with van der Waals surface area (Å²) in [6, 6.07) is 18.4. The Hall–Kier alpha value is -3.64. The number of carbonyl (C=O) groups excluding carboxylic acids is 2. The normalized spacial score (nSPS) is 13.6. The number of ether oxygens (including phenoxy) is 1. The Bertz CT molecular complexity index is 1250. The number of methoxy groups -OCH3 is 1. The second-order valence-electron chi connectivity index (χ2n) is 7.67. The number of hydrogen-bond donors (Lipinski definition) is 1. The van der Waals surface area contributed by atoms with Crippen molar-refractivity contribution in [2.75, 3.05) is 19.0 Å². The summed E-state index contributed by atoms with van der Waals surface area (Å²) < 4.78 is 18.7. The van der Waals surface area contributed by atoms with Crippen molar-refractivity contribution in [2.45, 2.75) is 13.3 Å². The first-order valence-corrected chi connectivity index (χ1v) is 10.8. The molecule has 0 unspecified atom stereocenters. The minimum Gasteiger partial charge on any atom is -0.496 e. The van der Waals surface area contributed by atoms with Crippen molar-refractivity contribution in [2.24, 2.45) is 0 Å². The van der Waals surface area contributed by atoms with E-state index in [1.165, 1.54) is 24.1 Å². The van der Waals surface area contributed by atoms with Crippen molar-refractivity contribution in [3.8, 4) is 5.75 Å².